The molecule has 0 bridgehead atoms. The van der Waals surface area contributed by atoms with E-state index in [9.17, 15) is 9.50 Å². The van der Waals surface area contributed by atoms with E-state index in [0.29, 0.717) is 26.1 Å². The molecule has 1 aliphatic carbocycles. The second-order valence-electron chi connectivity index (χ2n) is 6.77. The van der Waals surface area contributed by atoms with Crippen LogP contribution in [-0.2, 0) is 10.2 Å². The highest BCUT2D eigenvalue weighted by Gasteiger charge is 2.45. The summed E-state index contributed by atoms with van der Waals surface area (Å²) in [6.07, 6.45) is 4.08. The minimum Gasteiger partial charge on any atom is -0.390 e. The molecule has 4 heteroatoms. The van der Waals surface area contributed by atoms with E-state index < -0.39 is 5.60 Å². The van der Waals surface area contributed by atoms with Crippen molar-refractivity contribution in [2.24, 2.45) is 5.73 Å². The minimum absolute atomic E-state index is 0.181. The summed E-state index contributed by atoms with van der Waals surface area (Å²) in [6, 6.07) is 6.56. The standard InChI is InChI=1S/C18H28FNO2/c1-3-22-11-10-17(2,21)13-16(20)18(8-5-9-18)14-6-4-7-15(19)12-14/h4,6-7,12,16,21H,3,5,8-11,13,20H2,1-2H3. The number of rotatable bonds is 8. The van der Waals surface area contributed by atoms with Gasteiger partial charge in [-0.1, -0.05) is 18.6 Å². The Hall–Kier alpha value is -0.970. The maximum atomic E-state index is 13.6. The first-order chi connectivity index (χ1) is 10.4. The Balaban J connectivity index is 2.07. The van der Waals surface area contributed by atoms with Crippen molar-refractivity contribution in [2.75, 3.05) is 13.2 Å². The van der Waals surface area contributed by atoms with Crippen LogP contribution in [0.4, 0.5) is 4.39 Å². The molecule has 3 N–H and O–H groups in total. The normalized spacial score (nSPS) is 21.0. The molecule has 1 saturated carbocycles. The molecule has 2 rings (SSSR count). The maximum Gasteiger partial charge on any atom is 0.123 e. The van der Waals surface area contributed by atoms with E-state index >= 15 is 0 Å². The predicted molar refractivity (Wildman–Crippen MR) is 86.3 cm³/mol. The Morgan fingerprint density at radius 3 is 2.73 bits per heavy atom. The van der Waals surface area contributed by atoms with Gasteiger partial charge in [-0.15, -0.1) is 0 Å². The molecule has 0 aromatic heterocycles. The first kappa shape index (κ1) is 17.4. The highest BCUT2D eigenvalue weighted by atomic mass is 19.1. The fourth-order valence-electron chi connectivity index (χ4n) is 3.44. The van der Waals surface area contributed by atoms with Gasteiger partial charge in [-0.05, 0) is 57.2 Å². The third-order valence-electron chi connectivity index (χ3n) is 5.00. The van der Waals surface area contributed by atoms with Crippen molar-refractivity contribution in [1.29, 1.82) is 0 Å². The Kier molecular flexibility index (Phi) is 5.59. The van der Waals surface area contributed by atoms with Gasteiger partial charge in [0.25, 0.3) is 0 Å². The topological polar surface area (TPSA) is 55.5 Å². The second-order valence-corrected chi connectivity index (χ2v) is 6.77. The van der Waals surface area contributed by atoms with Crippen molar-refractivity contribution in [1.82, 2.24) is 0 Å². The van der Waals surface area contributed by atoms with Gasteiger partial charge in [0.05, 0.1) is 5.60 Å². The second kappa shape index (κ2) is 7.07. The van der Waals surface area contributed by atoms with Crippen LogP contribution in [-0.4, -0.2) is 30.0 Å². The zero-order valence-electron chi connectivity index (χ0n) is 13.6. The Morgan fingerprint density at radius 1 is 1.45 bits per heavy atom. The van der Waals surface area contributed by atoms with E-state index in [4.69, 9.17) is 10.5 Å². The third-order valence-corrected chi connectivity index (χ3v) is 5.00. The zero-order valence-corrected chi connectivity index (χ0v) is 13.6. The van der Waals surface area contributed by atoms with Crippen LogP contribution in [0.25, 0.3) is 0 Å². The highest BCUT2D eigenvalue weighted by molar-refractivity contribution is 5.31. The van der Waals surface area contributed by atoms with Crippen molar-refractivity contribution >= 4 is 0 Å². The summed E-state index contributed by atoms with van der Waals surface area (Å²) in [7, 11) is 0. The number of hydrogen-bond acceptors (Lipinski definition) is 3. The van der Waals surface area contributed by atoms with Gasteiger partial charge in [0.15, 0.2) is 0 Å². The maximum absolute atomic E-state index is 13.6. The molecule has 1 aromatic carbocycles. The van der Waals surface area contributed by atoms with Gasteiger partial charge in [0.2, 0.25) is 0 Å². The lowest BCUT2D eigenvalue weighted by Crippen LogP contribution is -2.53. The molecule has 2 unspecified atom stereocenters. The molecule has 0 aliphatic heterocycles. The van der Waals surface area contributed by atoms with Crippen molar-refractivity contribution in [3.05, 3.63) is 35.6 Å². The summed E-state index contributed by atoms with van der Waals surface area (Å²) in [5.74, 6) is -0.223. The van der Waals surface area contributed by atoms with Crippen LogP contribution in [0.5, 0.6) is 0 Å². The highest BCUT2D eigenvalue weighted by Crippen LogP contribution is 2.47. The number of nitrogens with two attached hydrogens (primary N) is 1. The molecular formula is C18H28FNO2. The fraction of sp³-hybridized carbons (Fsp3) is 0.667. The van der Waals surface area contributed by atoms with Crippen LogP contribution in [0.15, 0.2) is 24.3 Å². The molecule has 1 aromatic rings. The van der Waals surface area contributed by atoms with Crippen molar-refractivity contribution in [3.63, 3.8) is 0 Å². The van der Waals surface area contributed by atoms with Gasteiger partial charge in [0, 0.05) is 24.7 Å². The van der Waals surface area contributed by atoms with Crippen LogP contribution in [0.1, 0.15) is 51.5 Å². The van der Waals surface area contributed by atoms with Gasteiger partial charge >= 0.3 is 0 Å². The molecule has 0 radical (unpaired) electrons. The Labute approximate surface area is 132 Å². The van der Waals surface area contributed by atoms with E-state index in [1.54, 1.807) is 12.1 Å². The third kappa shape index (κ3) is 3.86. The molecule has 1 fully saturated rings. The molecule has 22 heavy (non-hydrogen) atoms. The number of hydrogen-bond donors (Lipinski definition) is 2. The zero-order chi connectivity index (χ0) is 16.2. The predicted octanol–water partition coefficient (Wildman–Crippen LogP) is 3.14. The van der Waals surface area contributed by atoms with Crippen molar-refractivity contribution < 1.29 is 14.2 Å². The molecule has 0 heterocycles. The molecule has 2 atom stereocenters. The van der Waals surface area contributed by atoms with Crippen LogP contribution >= 0.6 is 0 Å². The number of halogens is 1. The van der Waals surface area contributed by atoms with Gasteiger partial charge < -0.3 is 15.6 Å². The minimum atomic E-state index is -0.857. The number of benzene rings is 1. The van der Waals surface area contributed by atoms with Gasteiger partial charge in [-0.25, -0.2) is 4.39 Å². The summed E-state index contributed by atoms with van der Waals surface area (Å²) in [5, 5.41) is 10.6. The molecule has 124 valence electrons. The largest absolute Gasteiger partial charge is 0.390 e. The lowest BCUT2D eigenvalue weighted by molar-refractivity contribution is -0.00680. The Bertz CT molecular complexity index is 486. The van der Waals surface area contributed by atoms with Gasteiger partial charge in [-0.2, -0.15) is 0 Å². The Morgan fingerprint density at radius 2 is 2.18 bits per heavy atom. The summed E-state index contributed by atoms with van der Waals surface area (Å²) < 4.78 is 18.9. The molecule has 0 saturated heterocycles. The first-order valence-corrected chi connectivity index (χ1v) is 8.21. The smallest absolute Gasteiger partial charge is 0.123 e. The van der Waals surface area contributed by atoms with E-state index in [2.05, 4.69) is 0 Å². The lowest BCUT2D eigenvalue weighted by Gasteiger charge is -2.48. The molecule has 3 nitrogen and oxygen atoms in total. The molecule has 1 aliphatic rings. The van der Waals surface area contributed by atoms with Crippen molar-refractivity contribution in [2.45, 2.75) is 63.0 Å². The SMILES string of the molecule is CCOCCC(C)(O)CC(N)C1(c2cccc(F)c2)CCC1. The van der Waals surface area contributed by atoms with Crippen LogP contribution < -0.4 is 5.73 Å². The number of ether oxygens (including phenoxy) is 1. The lowest BCUT2D eigenvalue weighted by atomic mass is 9.58. The van der Waals surface area contributed by atoms with E-state index in [-0.39, 0.29) is 17.3 Å². The van der Waals surface area contributed by atoms with E-state index in [1.165, 1.54) is 6.07 Å². The van der Waals surface area contributed by atoms with Crippen molar-refractivity contribution in [3.8, 4) is 0 Å². The van der Waals surface area contributed by atoms with E-state index in [1.807, 2.05) is 19.9 Å². The first-order valence-electron chi connectivity index (χ1n) is 8.21. The average Bonchev–Trinajstić information content (AvgIpc) is 2.37. The van der Waals surface area contributed by atoms with Crippen LogP contribution in [0, 0.1) is 5.82 Å². The quantitative estimate of drug-likeness (QED) is 0.725. The summed E-state index contributed by atoms with van der Waals surface area (Å²) >= 11 is 0. The van der Waals surface area contributed by atoms with Gasteiger partial charge in [0.1, 0.15) is 5.82 Å². The number of aliphatic hydroxyl groups is 1. The summed E-state index contributed by atoms with van der Waals surface area (Å²) in [6.45, 7) is 4.93. The average molecular weight is 309 g/mol. The molecular weight excluding hydrogens is 281 g/mol. The fourth-order valence-corrected chi connectivity index (χ4v) is 3.44. The molecule has 0 spiro atoms. The van der Waals surface area contributed by atoms with Crippen LogP contribution in [0.3, 0.4) is 0 Å². The monoisotopic (exact) mass is 309 g/mol. The van der Waals surface area contributed by atoms with Crippen LogP contribution in [0.2, 0.25) is 0 Å². The molecule has 0 amide bonds. The summed E-state index contributed by atoms with van der Waals surface area (Å²) in [4.78, 5) is 0. The van der Waals surface area contributed by atoms with E-state index in [0.717, 1.165) is 24.8 Å². The summed E-state index contributed by atoms with van der Waals surface area (Å²) in [5.41, 5.74) is 6.37. The van der Waals surface area contributed by atoms with Gasteiger partial charge in [-0.3, -0.25) is 0 Å².